The predicted octanol–water partition coefficient (Wildman–Crippen LogP) is 4.54. The van der Waals surface area contributed by atoms with Crippen molar-refractivity contribution in [2.75, 3.05) is 11.9 Å². The third-order valence-corrected chi connectivity index (χ3v) is 4.64. The zero-order chi connectivity index (χ0) is 16.2. The Morgan fingerprint density at radius 2 is 1.96 bits per heavy atom. The van der Waals surface area contributed by atoms with Gasteiger partial charge in [0.2, 0.25) is 0 Å². The Hall–Kier alpha value is -2.00. The molecule has 0 bridgehead atoms. The minimum absolute atomic E-state index is 0.00919. The van der Waals surface area contributed by atoms with Crippen LogP contribution >= 0.6 is 11.6 Å². The Bertz CT molecular complexity index is 727. The van der Waals surface area contributed by atoms with E-state index in [2.05, 4.69) is 17.4 Å². The van der Waals surface area contributed by atoms with E-state index in [1.807, 2.05) is 25.1 Å². The second-order valence-electron chi connectivity index (χ2n) is 5.89. The first-order chi connectivity index (χ1) is 11.1. The molecule has 4 heteroatoms. The number of rotatable bonds is 4. The number of nitrogens with one attached hydrogen (secondary N) is 1. The summed E-state index contributed by atoms with van der Waals surface area (Å²) in [6, 6.07) is 11.6. The number of hydrogen-bond acceptors (Lipinski definition) is 2. The maximum absolute atomic E-state index is 12.1. The van der Waals surface area contributed by atoms with Crippen molar-refractivity contribution in [3.63, 3.8) is 0 Å². The molecule has 0 atom stereocenters. The Labute approximate surface area is 141 Å². The standard InChI is InChI=1S/C19H20ClNO2/c1-13-17(20)7-4-8-18(13)21-19(22)12-23-16-10-9-14-5-2-3-6-15(14)11-16/h4,7-11H,2-3,5-6,12H2,1H3,(H,21,22). The van der Waals surface area contributed by atoms with Gasteiger partial charge in [0.15, 0.2) is 6.61 Å². The van der Waals surface area contributed by atoms with Gasteiger partial charge in [-0.3, -0.25) is 4.79 Å². The minimum Gasteiger partial charge on any atom is -0.484 e. The molecule has 0 saturated heterocycles. The van der Waals surface area contributed by atoms with E-state index in [0.29, 0.717) is 5.02 Å². The number of anilines is 1. The smallest absolute Gasteiger partial charge is 0.262 e. The van der Waals surface area contributed by atoms with Gasteiger partial charge in [-0.15, -0.1) is 0 Å². The van der Waals surface area contributed by atoms with Gasteiger partial charge in [0.25, 0.3) is 5.91 Å². The van der Waals surface area contributed by atoms with Crippen molar-refractivity contribution in [3.8, 4) is 5.75 Å². The van der Waals surface area contributed by atoms with Crippen LogP contribution in [0.25, 0.3) is 0 Å². The second-order valence-corrected chi connectivity index (χ2v) is 6.29. The summed E-state index contributed by atoms with van der Waals surface area (Å²) < 4.78 is 5.63. The van der Waals surface area contributed by atoms with Gasteiger partial charge in [0.05, 0.1) is 0 Å². The molecule has 0 spiro atoms. The molecule has 1 aliphatic rings. The lowest BCUT2D eigenvalue weighted by atomic mass is 9.92. The molecule has 0 radical (unpaired) electrons. The van der Waals surface area contributed by atoms with Crippen LogP contribution in [0.3, 0.4) is 0 Å². The molecular formula is C19H20ClNO2. The van der Waals surface area contributed by atoms with Gasteiger partial charge in [0, 0.05) is 10.7 Å². The molecule has 2 aromatic rings. The Balaban J connectivity index is 1.60. The predicted molar refractivity (Wildman–Crippen MR) is 93.4 cm³/mol. The Morgan fingerprint density at radius 3 is 2.78 bits per heavy atom. The van der Waals surface area contributed by atoms with Crippen LogP contribution in [0.1, 0.15) is 29.5 Å². The highest BCUT2D eigenvalue weighted by molar-refractivity contribution is 6.31. The van der Waals surface area contributed by atoms with Gasteiger partial charge < -0.3 is 10.1 Å². The largest absolute Gasteiger partial charge is 0.484 e. The SMILES string of the molecule is Cc1c(Cl)cccc1NC(=O)COc1ccc2c(c1)CCCC2. The van der Waals surface area contributed by atoms with Gasteiger partial charge in [-0.1, -0.05) is 23.7 Å². The van der Waals surface area contributed by atoms with E-state index >= 15 is 0 Å². The fraction of sp³-hybridized carbons (Fsp3) is 0.316. The highest BCUT2D eigenvalue weighted by Crippen LogP contribution is 2.26. The van der Waals surface area contributed by atoms with Crippen molar-refractivity contribution >= 4 is 23.2 Å². The van der Waals surface area contributed by atoms with Crippen LogP contribution in [0.5, 0.6) is 5.75 Å². The van der Waals surface area contributed by atoms with Crippen LogP contribution < -0.4 is 10.1 Å². The molecule has 0 aromatic heterocycles. The summed E-state index contributed by atoms with van der Waals surface area (Å²) in [5, 5.41) is 3.47. The van der Waals surface area contributed by atoms with Crippen molar-refractivity contribution in [2.24, 2.45) is 0 Å². The summed E-state index contributed by atoms with van der Waals surface area (Å²) >= 11 is 6.06. The Morgan fingerprint density at radius 1 is 1.17 bits per heavy atom. The maximum atomic E-state index is 12.1. The topological polar surface area (TPSA) is 38.3 Å². The number of amides is 1. The van der Waals surface area contributed by atoms with Crippen LogP contribution in [0.4, 0.5) is 5.69 Å². The second kappa shape index (κ2) is 7.05. The van der Waals surface area contributed by atoms with Crippen LogP contribution in [-0.4, -0.2) is 12.5 Å². The fourth-order valence-electron chi connectivity index (χ4n) is 2.88. The highest BCUT2D eigenvalue weighted by Gasteiger charge is 2.11. The number of carbonyl (C=O) groups is 1. The van der Waals surface area contributed by atoms with Crippen LogP contribution in [-0.2, 0) is 17.6 Å². The van der Waals surface area contributed by atoms with E-state index < -0.39 is 0 Å². The average molecular weight is 330 g/mol. The summed E-state index contributed by atoms with van der Waals surface area (Å²) in [4.78, 5) is 12.1. The first-order valence-corrected chi connectivity index (χ1v) is 8.31. The van der Waals surface area contributed by atoms with Gasteiger partial charge in [-0.05, 0) is 73.6 Å². The van der Waals surface area contributed by atoms with Gasteiger partial charge in [-0.2, -0.15) is 0 Å². The number of aryl methyl sites for hydroxylation is 2. The minimum atomic E-state index is -0.187. The third-order valence-electron chi connectivity index (χ3n) is 4.23. The summed E-state index contributed by atoms with van der Waals surface area (Å²) in [5.41, 5.74) is 4.33. The van der Waals surface area contributed by atoms with Gasteiger partial charge in [-0.25, -0.2) is 0 Å². The number of hydrogen-bond donors (Lipinski definition) is 1. The van der Waals surface area contributed by atoms with Crippen LogP contribution in [0.15, 0.2) is 36.4 Å². The van der Waals surface area contributed by atoms with E-state index in [9.17, 15) is 4.79 Å². The van der Waals surface area contributed by atoms with Crippen molar-refractivity contribution in [2.45, 2.75) is 32.6 Å². The van der Waals surface area contributed by atoms with Crippen LogP contribution in [0, 0.1) is 6.92 Å². The van der Waals surface area contributed by atoms with E-state index in [1.165, 1.54) is 24.0 Å². The van der Waals surface area contributed by atoms with E-state index in [4.69, 9.17) is 16.3 Å². The summed E-state index contributed by atoms with van der Waals surface area (Å²) in [7, 11) is 0. The molecule has 1 amide bonds. The van der Waals surface area contributed by atoms with E-state index in [-0.39, 0.29) is 12.5 Å². The molecule has 1 aliphatic carbocycles. The maximum Gasteiger partial charge on any atom is 0.262 e. The van der Waals surface area contributed by atoms with Gasteiger partial charge in [0.1, 0.15) is 5.75 Å². The molecule has 0 heterocycles. The van der Waals surface area contributed by atoms with Crippen molar-refractivity contribution in [3.05, 3.63) is 58.1 Å². The highest BCUT2D eigenvalue weighted by atomic mass is 35.5. The number of ether oxygens (including phenoxy) is 1. The molecule has 1 N–H and O–H groups in total. The number of benzene rings is 2. The molecule has 0 saturated carbocycles. The number of carbonyl (C=O) groups excluding carboxylic acids is 1. The number of fused-ring (bicyclic) bond motifs is 1. The first-order valence-electron chi connectivity index (χ1n) is 7.93. The first kappa shape index (κ1) is 15.9. The fourth-order valence-corrected chi connectivity index (χ4v) is 3.05. The number of halogens is 1. The van der Waals surface area contributed by atoms with E-state index in [0.717, 1.165) is 29.8 Å². The zero-order valence-electron chi connectivity index (χ0n) is 13.2. The molecule has 3 rings (SSSR count). The molecular weight excluding hydrogens is 310 g/mol. The quantitative estimate of drug-likeness (QED) is 0.894. The van der Waals surface area contributed by atoms with Gasteiger partial charge >= 0.3 is 0 Å². The molecule has 120 valence electrons. The lowest BCUT2D eigenvalue weighted by molar-refractivity contribution is -0.118. The monoisotopic (exact) mass is 329 g/mol. The Kier molecular flexibility index (Phi) is 4.87. The zero-order valence-corrected chi connectivity index (χ0v) is 14.0. The van der Waals surface area contributed by atoms with Crippen LogP contribution in [0.2, 0.25) is 5.02 Å². The molecule has 0 fully saturated rings. The lowest BCUT2D eigenvalue weighted by Crippen LogP contribution is -2.20. The summed E-state index contributed by atoms with van der Waals surface area (Å²) in [6.45, 7) is 1.87. The average Bonchev–Trinajstić information content (AvgIpc) is 2.57. The van der Waals surface area contributed by atoms with Crippen molar-refractivity contribution in [1.29, 1.82) is 0 Å². The molecule has 0 aliphatic heterocycles. The lowest BCUT2D eigenvalue weighted by Gasteiger charge is -2.17. The molecule has 3 nitrogen and oxygen atoms in total. The summed E-state index contributed by atoms with van der Waals surface area (Å²) in [6.07, 6.45) is 4.73. The molecule has 23 heavy (non-hydrogen) atoms. The van der Waals surface area contributed by atoms with Crippen molar-refractivity contribution in [1.82, 2.24) is 0 Å². The molecule has 0 unspecified atom stereocenters. The van der Waals surface area contributed by atoms with E-state index in [1.54, 1.807) is 6.07 Å². The van der Waals surface area contributed by atoms with Crippen molar-refractivity contribution < 1.29 is 9.53 Å². The summed E-state index contributed by atoms with van der Waals surface area (Å²) in [5.74, 6) is 0.566. The third kappa shape index (κ3) is 3.85. The molecule has 2 aromatic carbocycles. The normalized spacial score (nSPS) is 13.3.